The minimum atomic E-state index is 0.845. The van der Waals surface area contributed by atoms with Crippen LogP contribution < -0.4 is 0 Å². The van der Waals surface area contributed by atoms with Crippen molar-refractivity contribution >= 4 is 6.08 Å². The third-order valence-electron chi connectivity index (χ3n) is 1.03. The van der Waals surface area contributed by atoms with Crippen LogP contribution in [0.15, 0.2) is 35.1 Å². The second kappa shape index (κ2) is 3.67. The minimum Gasteiger partial charge on any atom is -0.364 e. The van der Waals surface area contributed by atoms with Crippen LogP contribution in [-0.4, -0.2) is 5.16 Å². The van der Waals surface area contributed by atoms with Crippen LogP contribution in [-0.2, 0) is 0 Å². The molecule has 52 valence electrons. The molecule has 0 fully saturated rings. The molecular formula is C8H9NO. The fourth-order valence-corrected chi connectivity index (χ4v) is 0.573. The molecule has 2 nitrogen and oxygen atoms in total. The molecule has 0 aliphatic carbocycles. The summed E-state index contributed by atoms with van der Waals surface area (Å²) in [6.45, 7) is 1.97. The first-order chi connectivity index (χ1) is 4.93. The Morgan fingerprint density at radius 1 is 1.50 bits per heavy atom. The molecule has 0 saturated heterocycles. The van der Waals surface area contributed by atoms with Gasteiger partial charge in [0.1, 0.15) is 12.0 Å². The summed E-state index contributed by atoms with van der Waals surface area (Å²) in [5.41, 5.74) is 0.845. The summed E-state index contributed by atoms with van der Waals surface area (Å²) in [5, 5.41) is 3.69. The second-order valence-electron chi connectivity index (χ2n) is 1.81. The first kappa shape index (κ1) is 6.81. The van der Waals surface area contributed by atoms with Crippen molar-refractivity contribution < 1.29 is 4.52 Å². The lowest BCUT2D eigenvalue weighted by atomic mass is 10.4. The van der Waals surface area contributed by atoms with Crippen LogP contribution in [0.2, 0.25) is 0 Å². The fraction of sp³-hybridized carbons (Fsp3) is 0.125. The first-order valence-corrected chi connectivity index (χ1v) is 3.13. The molecule has 0 aliphatic heterocycles. The highest BCUT2D eigenvalue weighted by Crippen LogP contribution is 1.96. The van der Waals surface area contributed by atoms with Gasteiger partial charge in [-0.2, -0.15) is 0 Å². The van der Waals surface area contributed by atoms with Gasteiger partial charge in [-0.05, 0) is 13.0 Å². The Hall–Kier alpha value is -1.31. The number of allylic oxidation sites excluding steroid dienone is 3. The molecule has 0 aliphatic rings. The van der Waals surface area contributed by atoms with Gasteiger partial charge >= 0.3 is 0 Å². The topological polar surface area (TPSA) is 26.0 Å². The van der Waals surface area contributed by atoms with Crippen molar-refractivity contribution in [3.63, 3.8) is 0 Å². The summed E-state index contributed by atoms with van der Waals surface area (Å²) in [5.74, 6) is 0. The van der Waals surface area contributed by atoms with Crippen molar-refractivity contribution in [1.82, 2.24) is 5.16 Å². The second-order valence-corrected chi connectivity index (χ2v) is 1.81. The predicted octanol–water partition coefficient (Wildman–Crippen LogP) is 2.26. The van der Waals surface area contributed by atoms with Crippen molar-refractivity contribution in [2.24, 2.45) is 0 Å². The van der Waals surface area contributed by atoms with Gasteiger partial charge in [0.25, 0.3) is 0 Å². The zero-order valence-corrected chi connectivity index (χ0v) is 5.82. The lowest BCUT2D eigenvalue weighted by molar-refractivity contribution is 0.418. The van der Waals surface area contributed by atoms with Gasteiger partial charge in [0, 0.05) is 6.07 Å². The fourth-order valence-electron chi connectivity index (χ4n) is 0.573. The summed E-state index contributed by atoms with van der Waals surface area (Å²) < 4.78 is 4.62. The molecule has 10 heavy (non-hydrogen) atoms. The van der Waals surface area contributed by atoms with Gasteiger partial charge in [-0.15, -0.1) is 0 Å². The summed E-state index contributed by atoms with van der Waals surface area (Å²) in [7, 11) is 0. The smallest absolute Gasteiger partial charge is 0.124 e. The van der Waals surface area contributed by atoms with E-state index < -0.39 is 0 Å². The molecule has 0 spiro atoms. The zero-order chi connectivity index (χ0) is 7.23. The minimum absolute atomic E-state index is 0.845. The van der Waals surface area contributed by atoms with Gasteiger partial charge in [0.2, 0.25) is 0 Å². The van der Waals surface area contributed by atoms with Gasteiger partial charge in [-0.25, -0.2) is 0 Å². The first-order valence-electron chi connectivity index (χ1n) is 3.13. The van der Waals surface area contributed by atoms with Crippen LogP contribution in [0.4, 0.5) is 0 Å². The van der Waals surface area contributed by atoms with E-state index in [0.29, 0.717) is 0 Å². The average Bonchev–Trinajstić information content (AvgIpc) is 2.41. The number of hydrogen-bond donors (Lipinski definition) is 0. The molecule has 1 aromatic rings. The number of rotatable bonds is 2. The Morgan fingerprint density at radius 2 is 2.40 bits per heavy atom. The quantitative estimate of drug-likeness (QED) is 0.581. The monoisotopic (exact) mass is 135 g/mol. The molecule has 1 rings (SSSR count). The lowest BCUT2D eigenvalue weighted by Crippen LogP contribution is -1.64. The maximum absolute atomic E-state index is 4.62. The molecular weight excluding hydrogens is 126 g/mol. The SMILES string of the molecule is C/C=C/C=C/c1ccon1. The number of aromatic nitrogens is 1. The predicted molar refractivity (Wildman–Crippen MR) is 40.4 cm³/mol. The third kappa shape index (κ3) is 1.90. The van der Waals surface area contributed by atoms with Gasteiger partial charge in [-0.1, -0.05) is 23.4 Å². The number of hydrogen-bond acceptors (Lipinski definition) is 2. The standard InChI is InChI=1S/C8H9NO/c1-2-3-4-5-8-6-7-10-9-8/h2-7H,1H3/b3-2+,5-4+. The van der Waals surface area contributed by atoms with Crippen LogP contribution in [0.1, 0.15) is 12.6 Å². The van der Waals surface area contributed by atoms with E-state index >= 15 is 0 Å². The maximum Gasteiger partial charge on any atom is 0.124 e. The molecule has 0 amide bonds. The molecule has 2 heteroatoms. The van der Waals surface area contributed by atoms with Gasteiger partial charge in [-0.3, -0.25) is 0 Å². The summed E-state index contributed by atoms with van der Waals surface area (Å²) in [6.07, 6.45) is 9.24. The lowest BCUT2D eigenvalue weighted by Gasteiger charge is -1.74. The van der Waals surface area contributed by atoms with E-state index in [-0.39, 0.29) is 0 Å². The summed E-state index contributed by atoms with van der Waals surface area (Å²) in [6, 6.07) is 1.81. The van der Waals surface area contributed by atoms with E-state index in [9.17, 15) is 0 Å². The van der Waals surface area contributed by atoms with E-state index in [0.717, 1.165) is 5.69 Å². The molecule has 0 N–H and O–H groups in total. The Morgan fingerprint density at radius 3 is 3.00 bits per heavy atom. The van der Waals surface area contributed by atoms with Crippen LogP contribution in [0.5, 0.6) is 0 Å². The van der Waals surface area contributed by atoms with E-state index in [1.165, 1.54) is 0 Å². The highest BCUT2D eigenvalue weighted by Gasteiger charge is 1.84. The molecule has 0 bridgehead atoms. The van der Waals surface area contributed by atoms with Crippen LogP contribution in [0.3, 0.4) is 0 Å². The molecule has 0 saturated carbocycles. The molecule has 0 atom stereocenters. The van der Waals surface area contributed by atoms with Crippen LogP contribution >= 0.6 is 0 Å². The van der Waals surface area contributed by atoms with E-state index in [2.05, 4.69) is 9.68 Å². The highest BCUT2D eigenvalue weighted by molar-refractivity contribution is 5.45. The van der Waals surface area contributed by atoms with Crippen molar-refractivity contribution in [2.45, 2.75) is 6.92 Å². The average molecular weight is 135 g/mol. The Labute approximate surface area is 59.8 Å². The van der Waals surface area contributed by atoms with Gasteiger partial charge in [0.15, 0.2) is 0 Å². The summed E-state index contributed by atoms with van der Waals surface area (Å²) >= 11 is 0. The van der Waals surface area contributed by atoms with Crippen molar-refractivity contribution in [3.8, 4) is 0 Å². The van der Waals surface area contributed by atoms with Crippen molar-refractivity contribution in [1.29, 1.82) is 0 Å². The molecule has 1 aromatic heterocycles. The van der Waals surface area contributed by atoms with Crippen LogP contribution in [0, 0.1) is 0 Å². The van der Waals surface area contributed by atoms with E-state index in [1.807, 2.05) is 31.2 Å². The maximum atomic E-state index is 4.62. The van der Waals surface area contributed by atoms with E-state index in [1.54, 1.807) is 12.3 Å². The third-order valence-corrected chi connectivity index (χ3v) is 1.03. The van der Waals surface area contributed by atoms with Crippen LogP contribution in [0.25, 0.3) is 6.08 Å². The molecule has 1 heterocycles. The van der Waals surface area contributed by atoms with Crippen molar-refractivity contribution in [2.75, 3.05) is 0 Å². The highest BCUT2D eigenvalue weighted by atomic mass is 16.5. The Bertz CT molecular complexity index is 221. The van der Waals surface area contributed by atoms with E-state index in [4.69, 9.17) is 0 Å². The largest absolute Gasteiger partial charge is 0.364 e. The Kier molecular flexibility index (Phi) is 2.49. The molecule has 0 unspecified atom stereocenters. The Balaban J connectivity index is 2.55. The zero-order valence-electron chi connectivity index (χ0n) is 5.82. The normalized spacial score (nSPS) is 11.7. The number of nitrogens with zero attached hydrogens (tertiary/aromatic N) is 1. The van der Waals surface area contributed by atoms with Crippen molar-refractivity contribution in [3.05, 3.63) is 36.3 Å². The molecule has 0 radical (unpaired) electrons. The van der Waals surface area contributed by atoms with Gasteiger partial charge in [0.05, 0.1) is 0 Å². The summed E-state index contributed by atoms with van der Waals surface area (Å²) in [4.78, 5) is 0. The van der Waals surface area contributed by atoms with Gasteiger partial charge < -0.3 is 4.52 Å². The molecule has 0 aromatic carbocycles.